The van der Waals surface area contributed by atoms with E-state index in [1.165, 1.54) is 0 Å². The Hall–Kier alpha value is -3.66. The molecule has 0 aliphatic heterocycles. The van der Waals surface area contributed by atoms with Crippen molar-refractivity contribution in [1.82, 2.24) is 10.3 Å². The van der Waals surface area contributed by atoms with Crippen molar-refractivity contribution in [2.45, 2.75) is 18.9 Å². The maximum Gasteiger partial charge on any atom is 0.251 e. The normalized spacial score (nSPS) is 11.9. The molecule has 4 heteroatoms. The third-order valence-corrected chi connectivity index (χ3v) is 5.06. The summed E-state index contributed by atoms with van der Waals surface area (Å²) in [5, 5.41) is 3.98. The van der Waals surface area contributed by atoms with Crippen LogP contribution in [0.2, 0.25) is 0 Å². The second-order valence-corrected chi connectivity index (χ2v) is 7.08. The summed E-state index contributed by atoms with van der Waals surface area (Å²) >= 11 is 0. The number of aromatic amines is 1. The van der Waals surface area contributed by atoms with E-state index in [1.807, 2.05) is 79.0 Å². The highest BCUT2D eigenvalue weighted by Crippen LogP contribution is 2.19. The minimum Gasteiger partial charge on any atom is -0.361 e. The van der Waals surface area contributed by atoms with Crippen LogP contribution in [0.15, 0.2) is 91.1 Å². The van der Waals surface area contributed by atoms with E-state index in [0.29, 0.717) is 12.0 Å². The van der Waals surface area contributed by atoms with Gasteiger partial charge in [0.05, 0.1) is 6.04 Å². The number of nitrogens with one attached hydrogen (secondary N) is 2. The summed E-state index contributed by atoms with van der Waals surface area (Å²) in [5.74, 6) is -0.244. The molecule has 1 heterocycles. The molecule has 29 heavy (non-hydrogen) atoms. The molecule has 144 valence electrons. The van der Waals surface area contributed by atoms with Crippen molar-refractivity contribution in [3.05, 3.63) is 108 Å². The van der Waals surface area contributed by atoms with E-state index in [-0.39, 0.29) is 18.1 Å². The molecule has 0 bridgehead atoms. The lowest BCUT2D eigenvalue weighted by Gasteiger charge is -2.18. The molecule has 0 radical (unpaired) electrons. The highest BCUT2D eigenvalue weighted by molar-refractivity contribution is 5.99. The molecule has 4 aromatic rings. The highest BCUT2D eigenvalue weighted by atomic mass is 16.2. The molecule has 4 nitrogen and oxygen atoms in total. The van der Waals surface area contributed by atoms with Gasteiger partial charge in [-0.15, -0.1) is 0 Å². The minimum atomic E-state index is -0.598. The summed E-state index contributed by atoms with van der Waals surface area (Å²) in [5.41, 5.74) is 3.52. The number of rotatable bonds is 7. The smallest absolute Gasteiger partial charge is 0.251 e. The van der Waals surface area contributed by atoms with E-state index in [0.717, 1.165) is 22.0 Å². The molecule has 0 aliphatic rings. The first-order valence-electron chi connectivity index (χ1n) is 9.68. The Kier molecular flexibility index (Phi) is 5.52. The second kappa shape index (κ2) is 8.57. The van der Waals surface area contributed by atoms with Gasteiger partial charge in [-0.3, -0.25) is 9.59 Å². The van der Waals surface area contributed by atoms with Crippen LogP contribution in [0.25, 0.3) is 10.9 Å². The van der Waals surface area contributed by atoms with Gasteiger partial charge in [0.2, 0.25) is 0 Å². The molecule has 4 rings (SSSR count). The molecule has 0 aliphatic carbocycles. The number of hydrogen-bond acceptors (Lipinski definition) is 2. The quantitative estimate of drug-likeness (QED) is 0.500. The van der Waals surface area contributed by atoms with Gasteiger partial charge in [-0.2, -0.15) is 0 Å². The summed E-state index contributed by atoms with van der Waals surface area (Å²) in [6.07, 6.45) is 2.60. The predicted octanol–water partition coefficient (Wildman–Crippen LogP) is 4.32. The van der Waals surface area contributed by atoms with Gasteiger partial charge < -0.3 is 10.3 Å². The van der Waals surface area contributed by atoms with Crippen LogP contribution < -0.4 is 5.32 Å². The largest absolute Gasteiger partial charge is 0.361 e. The monoisotopic (exact) mass is 382 g/mol. The first-order valence-corrected chi connectivity index (χ1v) is 9.68. The van der Waals surface area contributed by atoms with E-state index in [4.69, 9.17) is 0 Å². The van der Waals surface area contributed by atoms with Crippen LogP contribution in [0.4, 0.5) is 0 Å². The van der Waals surface area contributed by atoms with Gasteiger partial charge in [0, 0.05) is 29.1 Å². The molecule has 0 saturated carbocycles. The zero-order valence-electron chi connectivity index (χ0n) is 16.0. The lowest BCUT2D eigenvalue weighted by molar-refractivity contribution is -0.120. The zero-order valence-corrected chi connectivity index (χ0v) is 16.0. The number of aromatic nitrogens is 1. The maximum atomic E-state index is 13.2. The fourth-order valence-corrected chi connectivity index (χ4v) is 3.54. The van der Waals surface area contributed by atoms with Crippen LogP contribution in [-0.2, 0) is 17.6 Å². The average Bonchev–Trinajstić information content (AvgIpc) is 3.24. The van der Waals surface area contributed by atoms with Crippen LogP contribution in [0, 0.1) is 0 Å². The van der Waals surface area contributed by atoms with Crippen LogP contribution in [0.1, 0.15) is 21.5 Å². The first-order chi connectivity index (χ1) is 14.2. The summed E-state index contributed by atoms with van der Waals surface area (Å²) < 4.78 is 0. The molecule has 0 saturated heterocycles. The number of hydrogen-bond donors (Lipinski definition) is 2. The molecule has 1 aromatic heterocycles. The third kappa shape index (κ3) is 4.43. The Morgan fingerprint density at radius 1 is 0.828 bits per heavy atom. The highest BCUT2D eigenvalue weighted by Gasteiger charge is 2.22. The molecular weight excluding hydrogens is 360 g/mol. The van der Waals surface area contributed by atoms with Crippen molar-refractivity contribution in [2.75, 3.05) is 0 Å². The predicted molar refractivity (Wildman–Crippen MR) is 115 cm³/mol. The standard InChI is InChI=1S/C25H22N2O2/c28-24(17-20-12-7-13-22-21(20)14-15-26-22)23(16-18-8-3-1-4-9-18)27-25(29)19-10-5-2-6-11-19/h1-15,23,26H,16-17H2,(H,27,29). The second-order valence-electron chi connectivity index (χ2n) is 7.08. The summed E-state index contributed by atoms with van der Waals surface area (Å²) in [6.45, 7) is 0. The van der Waals surface area contributed by atoms with E-state index >= 15 is 0 Å². The average molecular weight is 382 g/mol. The maximum absolute atomic E-state index is 13.2. The van der Waals surface area contributed by atoms with Gasteiger partial charge >= 0.3 is 0 Å². The number of Topliss-reactive ketones (excluding diaryl/α,β-unsaturated/α-hetero) is 1. The first kappa shape index (κ1) is 18.7. The number of benzene rings is 3. The van der Waals surface area contributed by atoms with Gasteiger partial charge in [-0.05, 0) is 41.8 Å². The van der Waals surface area contributed by atoms with E-state index < -0.39 is 6.04 Å². The number of fused-ring (bicyclic) bond motifs is 1. The van der Waals surface area contributed by atoms with Crippen molar-refractivity contribution >= 4 is 22.6 Å². The Labute approximate surface area is 169 Å². The van der Waals surface area contributed by atoms with Crippen molar-refractivity contribution in [2.24, 2.45) is 0 Å². The van der Waals surface area contributed by atoms with Crippen molar-refractivity contribution in [3.63, 3.8) is 0 Å². The van der Waals surface area contributed by atoms with Crippen molar-refractivity contribution < 1.29 is 9.59 Å². The van der Waals surface area contributed by atoms with Crippen molar-refractivity contribution in [3.8, 4) is 0 Å². The fraction of sp³-hybridized carbons (Fsp3) is 0.120. The van der Waals surface area contributed by atoms with E-state index in [1.54, 1.807) is 12.1 Å². The number of amides is 1. The van der Waals surface area contributed by atoms with Crippen LogP contribution in [0.5, 0.6) is 0 Å². The molecule has 2 N–H and O–H groups in total. The van der Waals surface area contributed by atoms with E-state index in [2.05, 4.69) is 10.3 Å². The third-order valence-electron chi connectivity index (χ3n) is 5.06. The lowest BCUT2D eigenvalue weighted by atomic mass is 9.96. The summed E-state index contributed by atoms with van der Waals surface area (Å²) in [7, 11) is 0. The molecular formula is C25H22N2O2. The van der Waals surface area contributed by atoms with Crippen LogP contribution in [0.3, 0.4) is 0 Å². The molecule has 3 aromatic carbocycles. The molecule has 0 fully saturated rings. The molecule has 1 amide bonds. The van der Waals surface area contributed by atoms with Gasteiger partial charge in [0.25, 0.3) is 5.91 Å². The SMILES string of the molecule is O=C(NC(Cc1ccccc1)C(=O)Cc1cccc2[nH]ccc12)c1ccccc1. The topological polar surface area (TPSA) is 62.0 Å². The number of carbonyl (C=O) groups excluding carboxylic acids is 2. The Balaban J connectivity index is 1.57. The summed E-state index contributed by atoms with van der Waals surface area (Å²) in [6, 6.07) is 26.0. The van der Waals surface area contributed by atoms with Gasteiger partial charge in [-0.1, -0.05) is 60.7 Å². The van der Waals surface area contributed by atoms with Gasteiger partial charge in [0.15, 0.2) is 5.78 Å². The minimum absolute atomic E-state index is 0.00756. The van der Waals surface area contributed by atoms with Gasteiger partial charge in [-0.25, -0.2) is 0 Å². The Morgan fingerprint density at radius 3 is 2.31 bits per heavy atom. The van der Waals surface area contributed by atoms with Crippen LogP contribution >= 0.6 is 0 Å². The fourth-order valence-electron chi connectivity index (χ4n) is 3.54. The number of carbonyl (C=O) groups is 2. The Morgan fingerprint density at radius 2 is 1.55 bits per heavy atom. The molecule has 1 atom stereocenters. The number of ketones is 1. The molecule has 0 spiro atoms. The van der Waals surface area contributed by atoms with Crippen molar-refractivity contribution in [1.29, 1.82) is 0 Å². The lowest BCUT2D eigenvalue weighted by Crippen LogP contribution is -2.43. The molecule has 1 unspecified atom stereocenters. The number of H-pyrrole nitrogens is 1. The zero-order chi connectivity index (χ0) is 20.1. The van der Waals surface area contributed by atoms with Gasteiger partial charge in [0.1, 0.15) is 0 Å². The Bertz CT molecular complexity index is 1120. The van der Waals surface area contributed by atoms with E-state index in [9.17, 15) is 9.59 Å². The summed E-state index contributed by atoms with van der Waals surface area (Å²) in [4.78, 5) is 29.1. The van der Waals surface area contributed by atoms with Crippen LogP contribution in [-0.4, -0.2) is 22.7 Å².